The summed E-state index contributed by atoms with van der Waals surface area (Å²) in [5.74, 6) is 0.104. The maximum atomic E-state index is 12.9. The van der Waals surface area contributed by atoms with Gasteiger partial charge in [0.05, 0.1) is 16.6 Å². The van der Waals surface area contributed by atoms with Crippen molar-refractivity contribution in [3.63, 3.8) is 0 Å². The highest BCUT2D eigenvalue weighted by molar-refractivity contribution is 7.20. The van der Waals surface area contributed by atoms with E-state index in [4.69, 9.17) is 0 Å². The van der Waals surface area contributed by atoms with Crippen LogP contribution in [0.1, 0.15) is 39.0 Å². The molecule has 4 nitrogen and oxygen atoms in total. The molecular weight excluding hydrogens is 306 g/mol. The molecule has 1 aromatic carbocycles. The van der Waals surface area contributed by atoms with Crippen LogP contribution in [0.3, 0.4) is 0 Å². The summed E-state index contributed by atoms with van der Waals surface area (Å²) in [6, 6.07) is 10.6. The number of aryl methyl sites for hydroxylation is 3. The van der Waals surface area contributed by atoms with Gasteiger partial charge in [-0.25, -0.2) is 0 Å². The highest BCUT2D eigenvalue weighted by Gasteiger charge is 2.29. The number of benzene rings is 1. The first-order chi connectivity index (χ1) is 11.1. The smallest absolute Gasteiger partial charge is 0.264 e. The summed E-state index contributed by atoms with van der Waals surface area (Å²) in [6.07, 6.45) is 2.06. The van der Waals surface area contributed by atoms with Crippen molar-refractivity contribution in [2.45, 2.75) is 25.8 Å². The van der Waals surface area contributed by atoms with Crippen LogP contribution in [0.4, 0.5) is 0 Å². The molecule has 0 bridgehead atoms. The molecule has 1 aliphatic carbocycles. The van der Waals surface area contributed by atoms with Gasteiger partial charge in [-0.1, -0.05) is 24.3 Å². The summed E-state index contributed by atoms with van der Waals surface area (Å²) < 4.78 is 1.86. The van der Waals surface area contributed by atoms with E-state index in [2.05, 4.69) is 29.4 Å². The minimum atomic E-state index is 0.104. The molecule has 0 spiro atoms. The fourth-order valence-electron chi connectivity index (χ4n) is 3.56. The monoisotopic (exact) mass is 325 g/mol. The van der Waals surface area contributed by atoms with Crippen LogP contribution in [0.25, 0.3) is 10.2 Å². The van der Waals surface area contributed by atoms with Crippen molar-refractivity contribution in [2.24, 2.45) is 7.05 Å². The molecule has 3 aromatic rings. The lowest BCUT2D eigenvalue weighted by molar-refractivity contribution is 0.0735. The van der Waals surface area contributed by atoms with Gasteiger partial charge >= 0.3 is 0 Å². The Morgan fingerprint density at radius 2 is 2.17 bits per heavy atom. The van der Waals surface area contributed by atoms with Gasteiger partial charge in [-0.05, 0) is 37.0 Å². The van der Waals surface area contributed by atoms with Gasteiger partial charge in [-0.2, -0.15) is 5.10 Å². The largest absolute Gasteiger partial charge is 0.334 e. The zero-order valence-electron chi connectivity index (χ0n) is 13.5. The second-order valence-corrected chi connectivity index (χ2v) is 7.24. The van der Waals surface area contributed by atoms with Crippen LogP contribution >= 0.6 is 11.3 Å². The summed E-state index contributed by atoms with van der Waals surface area (Å²) >= 11 is 1.53. The van der Waals surface area contributed by atoms with Gasteiger partial charge in [0.2, 0.25) is 0 Å². The third-order valence-corrected chi connectivity index (χ3v) is 5.99. The van der Waals surface area contributed by atoms with Crippen LogP contribution in [0.5, 0.6) is 0 Å². The molecular formula is C18H19N3OS. The summed E-state index contributed by atoms with van der Waals surface area (Å²) in [5, 5.41) is 5.49. The van der Waals surface area contributed by atoms with Crippen molar-refractivity contribution in [3.05, 3.63) is 52.0 Å². The minimum absolute atomic E-state index is 0.104. The second kappa shape index (κ2) is 5.20. The Kier molecular flexibility index (Phi) is 3.27. The van der Waals surface area contributed by atoms with E-state index >= 15 is 0 Å². The number of carbonyl (C=O) groups is 1. The van der Waals surface area contributed by atoms with Gasteiger partial charge in [-0.3, -0.25) is 9.48 Å². The number of thiophene rings is 1. The molecule has 118 valence electrons. The molecule has 1 amide bonds. The number of carbonyl (C=O) groups excluding carboxylic acids is 1. The number of nitrogens with zero attached hydrogens (tertiary/aromatic N) is 3. The summed E-state index contributed by atoms with van der Waals surface area (Å²) in [4.78, 5) is 16.7. The molecule has 0 unspecified atom stereocenters. The van der Waals surface area contributed by atoms with Crippen molar-refractivity contribution >= 4 is 27.5 Å². The quantitative estimate of drug-likeness (QED) is 0.720. The molecule has 0 saturated carbocycles. The van der Waals surface area contributed by atoms with E-state index in [9.17, 15) is 4.79 Å². The van der Waals surface area contributed by atoms with Gasteiger partial charge in [0.25, 0.3) is 5.91 Å². The second-order valence-electron chi connectivity index (χ2n) is 6.21. The van der Waals surface area contributed by atoms with E-state index in [-0.39, 0.29) is 11.9 Å². The Morgan fingerprint density at radius 1 is 1.39 bits per heavy atom. The fourth-order valence-corrected chi connectivity index (χ4v) is 4.67. The molecule has 23 heavy (non-hydrogen) atoms. The predicted octanol–water partition coefficient (Wildman–Crippen LogP) is 3.70. The van der Waals surface area contributed by atoms with E-state index in [0.717, 1.165) is 33.6 Å². The number of hydrogen-bond donors (Lipinski definition) is 0. The normalized spacial score (nSPS) is 16.7. The van der Waals surface area contributed by atoms with E-state index < -0.39 is 0 Å². The molecule has 0 aliphatic heterocycles. The van der Waals surface area contributed by atoms with Crippen LogP contribution in [0.2, 0.25) is 0 Å². The predicted molar refractivity (Wildman–Crippen MR) is 92.9 cm³/mol. The van der Waals surface area contributed by atoms with E-state index in [1.807, 2.05) is 36.7 Å². The van der Waals surface area contributed by atoms with Gasteiger partial charge in [0.15, 0.2) is 0 Å². The number of hydrogen-bond acceptors (Lipinski definition) is 3. The third kappa shape index (κ3) is 2.18. The topological polar surface area (TPSA) is 38.1 Å². The Hall–Kier alpha value is -2.14. The first-order valence-electron chi connectivity index (χ1n) is 7.84. The molecule has 0 saturated heterocycles. The Morgan fingerprint density at radius 3 is 2.96 bits per heavy atom. The minimum Gasteiger partial charge on any atom is -0.334 e. The van der Waals surface area contributed by atoms with Gasteiger partial charge < -0.3 is 4.90 Å². The molecule has 1 aliphatic rings. The Labute approximate surface area is 139 Å². The molecule has 0 N–H and O–H groups in total. The number of rotatable bonds is 2. The SMILES string of the molecule is Cc1nn(C)c2sc(C(=O)N(C)[C@H]3CCc4ccccc43)cc12. The summed E-state index contributed by atoms with van der Waals surface area (Å²) in [7, 11) is 3.85. The first kappa shape index (κ1) is 14.5. The molecule has 4 rings (SSSR count). The Balaban J connectivity index is 1.67. The van der Waals surface area contributed by atoms with E-state index in [0.29, 0.717) is 0 Å². The summed E-state index contributed by atoms with van der Waals surface area (Å²) in [5.41, 5.74) is 3.64. The molecule has 5 heteroatoms. The van der Waals surface area contributed by atoms with Crippen molar-refractivity contribution < 1.29 is 4.79 Å². The Bertz CT molecular complexity index is 874. The molecule has 2 aromatic heterocycles. The maximum Gasteiger partial charge on any atom is 0.264 e. The standard InChI is InChI=1S/C18H19N3OS/c1-11-14-10-16(23-18(14)21(3)19-11)17(22)20(2)15-9-8-12-6-4-5-7-13(12)15/h4-7,10,15H,8-9H2,1-3H3/t15-/m0/s1. The lowest BCUT2D eigenvalue weighted by atomic mass is 10.1. The zero-order valence-corrected chi connectivity index (χ0v) is 14.4. The average Bonchev–Trinajstić information content (AvgIpc) is 3.22. The lowest BCUT2D eigenvalue weighted by Crippen LogP contribution is -2.29. The van der Waals surface area contributed by atoms with Crippen LogP contribution in [0.15, 0.2) is 30.3 Å². The third-order valence-electron chi connectivity index (χ3n) is 4.80. The van der Waals surface area contributed by atoms with Crippen LogP contribution in [-0.2, 0) is 13.5 Å². The van der Waals surface area contributed by atoms with Gasteiger partial charge in [-0.15, -0.1) is 11.3 Å². The van der Waals surface area contributed by atoms with Crippen molar-refractivity contribution in [1.29, 1.82) is 0 Å². The first-order valence-corrected chi connectivity index (χ1v) is 8.66. The van der Waals surface area contributed by atoms with Crippen molar-refractivity contribution in [2.75, 3.05) is 7.05 Å². The highest BCUT2D eigenvalue weighted by atomic mass is 32.1. The molecule has 0 fully saturated rings. The summed E-state index contributed by atoms with van der Waals surface area (Å²) in [6.45, 7) is 1.99. The van der Waals surface area contributed by atoms with Gasteiger partial charge in [0.1, 0.15) is 4.83 Å². The number of aromatic nitrogens is 2. The van der Waals surface area contributed by atoms with Crippen LogP contribution in [-0.4, -0.2) is 27.6 Å². The molecule has 0 radical (unpaired) electrons. The van der Waals surface area contributed by atoms with Gasteiger partial charge in [0, 0.05) is 19.5 Å². The van der Waals surface area contributed by atoms with Crippen molar-refractivity contribution in [3.8, 4) is 0 Å². The molecule has 1 atom stereocenters. The van der Waals surface area contributed by atoms with E-state index in [1.165, 1.54) is 22.5 Å². The highest BCUT2D eigenvalue weighted by Crippen LogP contribution is 2.36. The van der Waals surface area contributed by atoms with Crippen molar-refractivity contribution in [1.82, 2.24) is 14.7 Å². The maximum absolute atomic E-state index is 12.9. The lowest BCUT2D eigenvalue weighted by Gasteiger charge is -2.25. The average molecular weight is 325 g/mol. The zero-order chi connectivity index (χ0) is 16.1. The van der Waals surface area contributed by atoms with Crippen LogP contribution in [0, 0.1) is 6.92 Å². The number of fused-ring (bicyclic) bond motifs is 2. The molecule has 2 heterocycles. The fraction of sp³-hybridized carbons (Fsp3) is 0.333. The van der Waals surface area contributed by atoms with Crippen LogP contribution < -0.4 is 0 Å². The van der Waals surface area contributed by atoms with E-state index in [1.54, 1.807) is 0 Å². The number of amides is 1.